The molecule has 3 aromatic carbocycles. The van der Waals surface area contributed by atoms with Crippen LogP contribution >= 0.6 is 11.3 Å². The highest BCUT2D eigenvalue weighted by Crippen LogP contribution is 2.43. The lowest BCUT2D eigenvalue weighted by Gasteiger charge is -2.22. The molecular formula is C29H25N3O4S. The molecule has 1 atom stereocenters. The number of aryl methyl sites for hydroxylation is 3. The number of aromatic nitrogens is 2. The summed E-state index contributed by atoms with van der Waals surface area (Å²) < 4.78 is 5.88. The van der Waals surface area contributed by atoms with Gasteiger partial charge in [-0.25, -0.2) is 0 Å². The van der Waals surface area contributed by atoms with Crippen LogP contribution < -0.4 is 9.64 Å². The van der Waals surface area contributed by atoms with Crippen LogP contribution in [0.4, 0.5) is 5.13 Å². The molecule has 0 radical (unpaired) electrons. The molecule has 7 nitrogen and oxygen atoms in total. The lowest BCUT2D eigenvalue weighted by Crippen LogP contribution is -2.29. The summed E-state index contributed by atoms with van der Waals surface area (Å²) in [5, 5.41) is 20.4. The first-order valence-electron chi connectivity index (χ1n) is 11.8. The monoisotopic (exact) mass is 511 g/mol. The summed E-state index contributed by atoms with van der Waals surface area (Å²) in [6.07, 6.45) is 0. The molecule has 0 saturated carbocycles. The van der Waals surface area contributed by atoms with Gasteiger partial charge in [0.15, 0.2) is 0 Å². The quantitative estimate of drug-likeness (QED) is 0.204. The van der Waals surface area contributed by atoms with Crippen LogP contribution in [0.3, 0.4) is 0 Å². The van der Waals surface area contributed by atoms with Crippen molar-refractivity contribution in [2.24, 2.45) is 0 Å². The predicted molar refractivity (Wildman–Crippen MR) is 143 cm³/mol. The zero-order chi connectivity index (χ0) is 26.1. The molecule has 1 saturated heterocycles. The second-order valence-electron chi connectivity index (χ2n) is 8.99. The third-order valence-electron chi connectivity index (χ3n) is 6.17. The highest BCUT2D eigenvalue weighted by Gasteiger charge is 2.48. The van der Waals surface area contributed by atoms with Gasteiger partial charge in [0.25, 0.3) is 5.78 Å². The summed E-state index contributed by atoms with van der Waals surface area (Å²) in [7, 11) is 0. The molecule has 1 aromatic heterocycles. The molecule has 1 aliphatic heterocycles. The number of anilines is 1. The van der Waals surface area contributed by atoms with Gasteiger partial charge in [-0.2, -0.15) is 0 Å². The summed E-state index contributed by atoms with van der Waals surface area (Å²) in [5.41, 5.74) is 4.36. The maximum atomic E-state index is 13.2. The van der Waals surface area contributed by atoms with E-state index in [2.05, 4.69) is 16.3 Å². The average Bonchev–Trinajstić information content (AvgIpc) is 3.43. The lowest BCUT2D eigenvalue weighted by molar-refractivity contribution is -0.132. The molecular weight excluding hydrogens is 486 g/mol. The molecule has 8 heteroatoms. The zero-order valence-electron chi connectivity index (χ0n) is 20.6. The van der Waals surface area contributed by atoms with E-state index in [0.717, 1.165) is 16.7 Å². The van der Waals surface area contributed by atoms with E-state index < -0.39 is 17.7 Å². The molecule has 4 aromatic rings. The maximum absolute atomic E-state index is 13.2. The number of ketones is 1. The van der Waals surface area contributed by atoms with E-state index in [1.54, 1.807) is 31.2 Å². The molecule has 1 amide bonds. The fourth-order valence-electron chi connectivity index (χ4n) is 4.31. The van der Waals surface area contributed by atoms with Crippen LogP contribution in [0.15, 0.2) is 78.4 Å². The minimum absolute atomic E-state index is 0.00938. The van der Waals surface area contributed by atoms with Crippen molar-refractivity contribution in [3.63, 3.8) is 0 Å². The van der Waals surface area contributed by atoms with E-state index in [1.807, 2.05) is 56.3 Å². The number of ether oxygens (including phenoxy) is 1. The first kappa shape index (κ1) is 24.4. The standard InChI is InChI=1S/C29H25N3O4S/c1-17-7-9-21(10-8-17)25-24(27(34)28(35)32(25)29-31-30-19(3)37-29)26(33)22-11-13-23(14-12-22)36-16-20-6-4-5-18(2)15-20/h4-15,25,33H,16H2,1-3H3/b26-24-. The first-order chi connectivity index (χ1) is 17.8. The van der Waals surface area contributed by atoms with Crippen LogP contribution in [-0.2, 0) is 16.2 Å². The van der Waals surface area contributed by atoms with Crippen LogP contribution in [0.1, 0.15) is 38.9 Å². The SMILES string of the molecule is Cc1ccc(C2/C(=C(/O)c3ccc(OCc4cccc(C)c4)cc3)C(=O)C(=O)N2c2nnc(C)s2)cc1. The van der Waals surface area contributed by atoms with Crippen molar-refractivity contribution in [3.8, 4) is 5.75 Å². The number of hydrogen-bond donors (Lipinski definition) is 1. The Morgan fingerprint density at radius 2 is 1.68 bits per heavy atom. The topological polar surface area (TPSA) is 92.6 Å². The Morgan fingerprint density at radius 3 is 2.32 bits per heavy atom. The molecule has 0 bridgehead atoms. The molecule has 1 N–H and O–H groups in total. The number of hydrogen-bond acceptors (Lipinski definition) is 7. The van der Waals surface area contributed by atoms with Crippen molar-refractivity contribution in [2.75, 3.05) is 4.90 Å². The smallest absolute Gasteiger partial charge is 0.301 e. The summed E-state index contributed by atoms with van der Waals surface area (Å²) in [6.45, 7) is 6.17. The van der Waals surface area contributed by atoms with Gasteiger partial charge >= 0.3 is 5.91 Å². The number of aliphatic hydroxyl groups excluding tert-OH is 1. The van der Waals surface area contributed by atoms with Crippen LogP contribution in [0.5, 0.6) is 5.75 Å². The minimum Gasteiger partial charge on any atom is -0.507 e. The average molecular weight is 512 g/mol. The van der Waals surface area contributed by atoms with Crippen molar-refractivity contribution in [3.05, 3.63) is 111 Å². The van der Waals surface area contributed by atoms with E-state index in [4.69, 9.17) is 4.74 Å². The third kappa shape index (κ3) is 4.88. The van der Waals surface area contributed by atoms with Crippen LogP contribution in [-0.4, -0.2) is 27.0 Å². The van der Waals surface area contributed by atoms with Gasteiger partial charge in [0.05, 0.1) is 11.6 Å². The number of nitrogens with zero attached hydrogens (tertiary/aromatic N) is 3. The van der Waals surface area contributed by atoms with Crippen LogP contribution in [0.25, 0.3) is 5.76 Å². The van der Waals surface area contributed by atoms with Gasteiger partial charge < -0.3 is 9.84 Å². The number of carbonyl (C=O) groups excluding carboxylic acids is 2. The fourth-order valence-corrected chi connectivity index (χ4v) is 5.02. The van der Waals surface area contributed by atoms with Gasteiger partial charge in [-0.05, 0) is 56.2 Å². The second kappa shape index (κ2) is 9.99. The van der Waals surface area contributed by atoms with E-state index in [0.29, 0.717) is 33.6 Å². The number of Topliss-reactive ketones (excluding diaryl/α,β-unsaturated/α-hetero) is 1. The van der Waals surface area contributed by atoms with Crippen molar-refractivity contribution < 1.29 is 19.4 Å². The van der Waals surface area contributed by atoms with Crippen molar-refractivity contribution in [2.45, 2.75) is 33.4 Å². The Kier molecular flexibility index (Phi) is 6.58. The normalized spacial score (nSPS) is 16.8. The molecule has 2 heterocycles. The van der Waals surface area contributed by atoms with Crippen LogP contribution in [0, 0.1) is 20.8 Å². The number of amides is 1. The molecule has 0 spiro atoms. The Balaban J connectivity index is 1.50. The predicted octanol–water partition coefficient (Wildman–Crippen LogP) is 5.67. The third-order valence-corrected chi connectivity index (χ3v) is 7.01. The van der Waals surface area contributed by atoms with Crippen molar-refractivity contribution in [1.82, 2.24) is 10.2 Å². The lowest BCUT2D eigenvalue weighted by atomic mass is 9.95. The van der Waals surface area contributed by atoms with Gasteiger partial charge in [-0.3, -0.25) is 14.5 Å². The van der Waals surface area contributed by atoms with Gasteiger partial charge in [-0.15, -0.1) is 10.2 Å². The van der Waals surface area contributed by atoms with Gasteiger partial charge in [-0.1, -0.05) is 71.0 Å². The largest absolute Gasteiger partial charge is 0.507 e. The van der Waals surface area contributed by atoms with Gasteiger partial charge in [0, 0.05) is 5.56 Å². The second-order valence-corrected chi connectivity index (χ2v) is 10.1. The highest BCUT2D eigenvalue weighted by molar-refractivity contribution is 7.15. The number of benzene rings is 3. The van der Waals surface area contributed by atoms with E-state index in [1.165, 1.54) is 16.2 Å². The molecule has 1 unspecified atom stereocenters. The van der Waals surface area contributed by atoms with Crippen LogP contribution in [0.2, 0.25) is 0 Å². The Hall–Kier alpha value is -4.30. The summed E-state index contributed by atoms with van der Waals surface area (Å²) >= 11 is 1.22. The Labute approximate surface area is 218 Å². The zero-order valence-corrected chi connectivity index (χ0v) is 21.5. The van der Waals surface area contributed by atoms with Gasteiger partial charge in [0.1, 0.15) is 23.1 Å². The number of rotatable bonds is 6. The molecule has 186 valence electrons. The summed E-state index contributed by atoms with van der Waals surface area (Å²) in [4.78, 5) is 27.7. The summed E-state index contributed by atoms with van der Waals surface area (Å²) in [6, 6.07) is 21.6. The Morgan fingerprint density at radius 1 is 0.946 bits per heavy atom. The number of carbonyl (C=O) groups is 2. The molecule has 5 rings (SSSR count). The molecule has 1 fully saturated rings. The first-order valence-corrected chi connectivity index (χ1v) is 12.6. The Bertz CT molecular complexity index is 1510. The van der Waals surface area contributed by atoms with E-state index in [-0.39, 0.29) is 11.3 Å². The minimum atomic E-state index is -0.829. The van der Waals surface area contributed by atoms with Gasteiger partial charge in [0.2, 0.25) is 5.13 Å². The van der Waals surface area contributed by atoms with E-state index >= 15 is 0 Å². The fraction of sp³-hybridized carbons (Fsp3) is 0.172. The maximum Gasteiger partial charge on any atom is 0.301 e. The molecule has 0 aliphatic carbocycles. The summed E-state index contributed by atoms with van der Waals surface area (Å²) in [5.74, 6) is -1.15. The number of aliphatic hydroxyl groups is 1. The van der Waals surface area contributed by atoms with Crippen molar-refractivity contribution in [1.29, 1.82) is 0 Å². The molecule has 1 aliphatic rings. The highest BCUT2D eigenvalue weighted by atomic mass is 32.1. The molecule has 37 heavy (non-hydrogen) atoms. The van der Waals surface area contributed by atoms with E-state index in [9.17, 15) is 14.7 Å². The van der Waals surface area contributed by atoms with Crippen molar-refractivity contribution >= 4 is 33.9 Å².